The second-order valence-corrected chi connectivity index (χ2v) is 9.72. The molecule has 4 heteroatoms. The fourth-order valence-corrected chi connectivity index (χ4v) is 3.03. The van der Waals surface area contributed by atoms with E-state index in [2.05, 4.69) is 66.0 Å². The zero-order valence-electron chi connectivity index (χ0n) is 18.8. The van der Waals surface area contributed by atoms with Gasteiger partial charge in [0, 0.05) is 36.0 Å². The molecule has 2 N–H and O–H groups in total. The Morgan fingerprint density at radius 1 is 0.692 bits per heavy atom. The molecular weight excluding hydrogens is 324 g/mol. The van der Waals surface area contributed by atoms with E-state index >= 15 is 0 Å². The Bertz CT molecular complexity index is 344. The highest BCUT2D eigenvalue weighted by molar-refractivity contribution is 4.85. The van der Waals surface area contributed by atoms with E-state index in [4.69, 9.17) is 9.47 Å². The molecule has 26 heavy (non-hydrogen) atoms. The van der Waals surface area contributed by atoms with Crippen molar-refractivity contribution in [3.05, 3.63) is 0 Å². The van der Waals surface area contributed by atoms with E-state index in [0.29, 0.717) is 22.9 Å². The predicted octanol–water partition coefficient (Wildman–Crippen LogP) is 4.09. The van der Waals surface area contributed by atoms with Gasteiger partial charge in [-0.25, -0.2) is 0 Å². The van der Waals surface area contributed by atoms with E-state index in [9.17, 15) is 0 Å². The van der Waals surface area contributed by atoms with Crippen molar-refractivity contribution < 1.29 is 9.47 Å². The summed E-state index contributed by atoms with van der Waals surface area (Å²) in [5.41, 5.74) is 0.809. The Kier molecular flexibility index (Phi) is 10.1. The van der Waals surface area contributed by atoms with Crippen molar-refractivity contribution in [2.75, 3.05) is 39.5 Å². The summed E-state index contributed by atoms with van der Waals surface area (Å²) in [7, 11) is 0. The van der Waals surface area contributed by atoms with Gasteiger partial charge in [0.25, 0.3) is 0 Å². The molecule has 0 aliphatic carbocycles. The number of hydrogen-bond donors (Lipinski definition) is 2. The molecule has 0 aromatic heterocycles. The largest absolute Gasteiger partial charge is 0.380 e. The Hall–Kier alpha value is -0.160. The summed E-state index contributed by atoms with van der Waals surface area (Å²) in [6, 6.07) is 1.25. The van der Waals surface area contributed by atoms with Crippen molar-refractivity contribution in [3.63, 3.8) is 0 Å². The quantitative estimate of drug-likeness (QED) is 0.608. The Morgan fingerprint density at radius 3 is 1.19 bits per heavy atom. The third-order valence-electron chi connectivity index (χ3n) is 6.50. The molecule has 2 heterocycles. The van der Waals surface area contributed by atoms with Gasteiger partial charge < -0.3 is 20.1 Å². The van der Waals surface area contributed by atoms with Crippen molar-refractivity contribution in [1.29, 1.82) is 0 Å². The van der Waals surface area contributed by atoms with Gasteiger partial charge >= 0.3 is 0 Å². The molecule has 2 aliphatic rings. The number of nitrogens with one attached hydrogen (secondary N) is 2. The van der Waals surface area contributed by atoms with E-state index in [1.807, 2.05) is 0 Å². The lowest BCUT2D eigenvalue weighted by Gasteiger charge is -2.39. The van der Waals surface area contributed by atoms with Gasteiger partial charge in [0.1, 0.15) is 0 Å². The topological polar surface area (TPSA) is 42.5 Å². The smallest absolute Gasteiger partial charge is 0.0554 e. The molecule has 0 amide bonds. The first kappa shape index (κ1) is 23.9. The lowest BCUT2D eigenvalue weighted by Crippen LogP contribution is -2.50. The first-order chi connectivity index (χ1) is 12.1. The number of rotatable bonds is 10. The van der Waals surface area contributed by atoms with Crippen LogP contribution in [0.1, 0.15) is 68.2 Å². The molecule has 2 saturated heterocycles. The van der Waals surface area contributed by atoms with Gasteiger partial charge in [-0.3, -0.25) is 0 Å². The molecule has 4 nitrogen and oxygen atoms in total. The van der Waals surface area contributed by atoms with Gasteiger partial charge in [0.2, 0.25) is 0 Å². The van der Waals surface area contributed by atoms with Crippen LogP contribution in [0.3, 0.4) is 0 Å². The van der Waals surface area contributed by atoms with Gasteiger partial charge in [-0.2, -0.15) is 0 Å². The average molecular weight is 371 g/mol. The molecule has 0 aromatic rings. The van der Waals surface area contributed by atoms with Gasteiger partial charge in [0.05, 0.1) is 26.4 Å². The van der Waals surface area contributed by atoms with E-state index < -0.39 is 0 Å². The maximum Gasteiger partial charge on any atom is 0.0554 e. The van der Waals surface area contributed by atoms with Crippen LogP contribution in [-0.2, 0) is 9.47 Å². The Labute approximate surface area is 163 Å². The van der Waals surface area contributed by atoms with Crippen molar-refractivity contribution >= 4 is 0 Å². The first-order valence-electron chi connectivity index (χ1n) is 10.8. The molecule has 4 atom stereocenters. The van der Waals surface area contributed by atoms with E-state index in [0.717, 1.165) is 51.4 Å². The molecule has 4 unspecified atom stereocenters. The summed E-state index contributed by atoms with van der Waals surface area (Å²) >= 11 is 0. The summed E-state index contributed by atoms with van der Waals surface area (Å²) < 4.78 is 10.4. The highest BCUT2D eigenvalue weighted by atomic mass is 16.5. The SMILES string of the molecule is CCC(C)C(C)NCC1(C)COC1.CCC(C)C(C)NCC1(C)COC1. The van der Waals surface area contributed by atoms with E-state index in [-0.39, 0.29) is 0 Å². The number of hydrogen-bond acceptors (Lipinski definition) is 4. The summed E-state index contributed by atoms with van der Waals surface area (Å²) in [5, 5.41) is 7.19. The van der Waals surface area contributed by atoms with Gasteiger partial charge in [-0.1, -0.05) is 54.4 Å². The average Bonchev–Trinajstić information content (AvgIpc) is 2.59. The van der Waals surface area contributed by atoms with Crippen molar-refractivity contribution in [2.45, 2.75) is 80.3 Å². The van der Waals surface area contributed by atoms with Crippen LogP contribution in [0.25, 0.3) is 0 Å². The summed E-state index contributed by atoms with van der Waals surface area (Å²) in [6.07, 6.45) is 2.50. The van der Waals surface area contributed by atoms with Crippen LogP contribution in [0, 0.1) is 22.7 Å². The molecule has 156 valence electrons. The van der Waals surface area contributed by atoms with Crippen LogP contribution in [0.5, 0.6) is 0 Å². The van der Waals surface area contributed by atoms with Crippen LogP contribution in [0.15, 0.2) is 0 Å². The monoisotopic (exact) mass is 370 g/mol. The maximum atomic E-state index is 5.22. The molecule has 0 radical (unpaired) electrons. The van der Waals surface area contributed by atoms with E-state index in [1.165, 1.54) is 12.8 Å². The summed E-state index contributed by atoms with van der Waals surface area (Å²) in [4.78, 5) is 0. The normalized spacial score (nSPS) is 24.9. The molecule has 0 aromatic carbocycles. The minimum atomic E-state index is 0.404. The zero-order valence-corrected chi connectivity index (χ0v) is 18.8. The molecule has 0 saturated carbocycles. The summed E-state index contributed by atoms with van der Waals surface area (Å²) in [5.74, 6) is 1.54. The zero-order chi connectivity index (χ0) is 19.8. The van der Waals surface area contributed by atoms with Gasteiger partial charge in [-0.15, -0.1) is 0 Å². The minimum absolute atomic E-state index is 0.404. The third kappa shape index (κ3) is 7.84. The van der Waals surface area contributed by atoms with Crippen LogP contribution in [-0.4, -0.2) is 51.6 Å². The highest BCUT2D eigenvalue weighted by Gasteiger charge is 2.34. The number of ether oxygens (including phenoxy) is 2. The lowest BCUT2D eigenvalue weighted by molar-refractivity contribution is -0.100. The van der Waals surface area contributed by atoms with Crippen molar-refractivity contribution in [1.82, 2.24) is 10.6 Å². The maximum absolute atomic E-state index is 5.22. The fraction of sp³-hybridized carbons (Fsp3) is 1.00. The minimum Gasteiger partial charge on any atom is -0.380 e. The second kappa shape index (κ2) is 11.0. The van der Waals surface area contributed by atoms with Crippen molar-refractivity contribution in [2.24, 2.45) is 22.7 Å². The Balaban J connectivity index is 0.000000260. The highest BCUT2D eigenvalue weighted by Crippen LogP contribution is 2.26. The molecule has 2 fully saturated rings. The molecular formula is C22H46N2O2. The lowest BCUT2D eigenvalue weighted by atomic mass is 9.88. The summed E-state index contributed by atoms with van der Waals surface area (Å²) in [6.45, 7) is 24.1. The first-order valence-corrected chi connectivity index (χ1v) is 10.8. The van der Waals surface area contributed by atoms with E-state index in [1.54, 1.807) is 0 Å². The van der Waals surface area contributed by atoms with Gasteiger partial charge in [0.15, 0.2) is 0 Å². The predicted molar refractivity (Wildman–Crippen MR) is 112 cm³/mol. The molecule has 2 aliphatic heterocycles. The Morgan fingerprint density at radius 2 is 1.00 bits per heavy atom. The fourth-order valence-electron chi connectivity index (χ4n) is 3.03. The standard InChI is InChI=1S/2C11H23NO/c2*1-5-9(2)10(3)12-6-11(4)7-13-8-11/h2*9-10,12H,5-8H2,1-4H3. The van der Waals surface area contributed by atoms with Crippen LogP contribution < -0.4 is 10.6 Å². The van der Waals surface area contributed by atoms with Gasteiger partial charge in [-0.05, 0) is 25.7 Å². The molecule has 0 spiro atoms. The van der Waals surface area contributed by atoms with Crippen LogP contribution in [0.4, 0.5) is 0 Å². The third-order valence-corrected chi connectivity index (χ3v) is 6.50. The second-order valence-electron chi connectivity index (χ2n) is 9.72. The van der Waals surface area contributed by atoms with Crippen molar-refractivity contribution in [3.8, 4) is 0 Å². The van der Waals surface area contributed by atoms with Crippen LogP contribution >= 0.6 is 0 Å². The molecule has 2 rings (SSSR count). The molecule has 0 bridgehead atoms. The van der Waals surface area contributed by atoms with Crippen LogP contribution in [0.2, 0.25) is 0 Å².